The summed E-state index contributed by atoms with van der Waals surface area (Å²) in [4.78, 5) is 0. The molecule has 1 fully saturated rings. The Morgan fingerprint density at radius 2 is 2.00 bits per heavy atom. The van der Waals surface area contributed by atoms with E-state index in [1.165, 1.54) is 0 Å². The van der Waals surface area contributed by atoms with Gasteiger partial charge in [-0.1, -0.05) is 20.3 Å². The van der Waals surface area contributed by atoms with Gasteiger partial charge < -0.3 is 5.32 Å². The van der Waals surface area contributed by atoms with Crippen LogP contribution in [0.1, 0.15) is 46.0 Å². The van der Waals surface area contributed by atoms with Crippen molar-refractivity contribution in [3.8, 4) is 0 Å². The van der Waals surface area contributed by atoms with Crippen molar-refractivity contribution in [2.45, 2.75) is 52.0 Å². The minimum atomic E-state index is -3.03. The van der Waals surface area contributed by atoms with Crippen molar-refractivity contribution in [3.63, 3.8) is 0 Å². The zero-order valence-electron chi connectivity index (χ0n) is 11.0. The summed E-state index contributed by atoms with van der Waals surface area (Å²) >= 11 is 0. The standard InChI is InChI=1S/C12H26N2O2S/c1-3-7-11-10-12(11)14-17(15,16)9-6-5-8-13-4-2/h11-14H,3-10H2,1-2H3. The molecule has 0 aliphatic heterocycles. The Hall–Kier alpha value is -0.130. The summed E-state index contributed by atoms with van der Waals surface area (Å²) in [5.41, 5.74) is 0. The van der Waals surface area contributed by atoms with Crippen LogP contribution in [0.25, 0.3) is 0 Å². The van der Waals surface area contributed by atoms with Crippen molar-refractivity contribution in [1.82, 2.24) is 10.0 Å². The molecule has 4 nitrogen and oxygen atoms in total. The monoisotopic (exact) mass is 262 g/mol. The molecule has 1 rings (SSSR count). The highest BCUT2D eigenvalue weighted by Crippen LogP contribution is 2.35. The number of hydrogen-bond donors (Lipinski definition) is 2. The van der Waals surface area contributed by atoms with Gasteiger partial charge in [0.1, 0.15) is 0 Å². The summed E-state index contributed by atoms with van der Waals surface area (Å²) in [6.07, 6.45) is 4.99. The summed E-state index contributed by atoms with van der Waals surface area (Å²) in [7, 11) is -3.03. The van der Waals surface area contributed by atoms with Crippen LogP contribution in [0.3, 0.4) is 0 Å². The summed E-state index contributed by atoms with van der Waals surface area (Å²) in [5, 5.41) is 3.20. The van der Waals surface area contributed by atoms with Gasteiger partial charge in [-0.15, -0.1) is 0 Å². The molecule has 0 heterocycles. The highest BCUT2D eigenvalue weighted by molar-refractivity contribution is 7.89. The van der Waals surface area contributed by atoms with E-state index < -0.39 is 10.0 Å². The molecule has 102 valence electrons. The molecule has 0 aromatic carbocycles. The fourth-order valence-electron chi connectivity index (χ4n) is 2.09. The van der Waals surface area contributed by atoms with E-state index in [2.05, 4.69) is 23.9 Å². The molecule has 0 radical (unpaired) electrons. The number of rotatable bonds is 10. The fraction of sp³-hybridized carbons (Fsp3) is 1.00. The first-order valence-electron chi connectivity index (χ1n) is 6.79. The lowest BCUT2D eigenvalue weighted by Gasteiger charge is -2.06. The highest BCUT2D eigenvalue weighted by Gasteiger charge is 2.38. The van der Waals surface area contributed by atoms with Crippen LogP contribution in [0.2, 0.25) is 0 Å². The zero-order chi connectivity index (χ0) is 12.7. The van der Waals surface area contributed by atoms with E-state index in [-0.39, 0.29) is 11.8 Å². The maximum atomic E-state index is 11.7. The van der Waals surface area contributed by atoms with Gasteiger partial charge >= 0.3 is 0 Å². The summed E-state index contributed by atoms with van der Waals surface area (Å²) < 4.78 is 26.3. The second-order valence-electron chi connectivity index (χ2n) is 4.89. The second kappa shape index (κ2) is 7.34. The largest absolute Gasteiger partial charge is 0.317 e. The maximum absolute atomic E-state index is 11.7. The molecule has 2 unspecified atom stereocenters. The van der Waals surface area contributed by atoms with E-state index in [0.29, 0.717) is 5.92 Å². The van der Waals surface area contributed by atoms with Gasteiger partial charge in [-0.2, -0.15) is 0 Å². The van der Waals surface area contributed by atoms with Crippen molar-refractivity contribution < 1.29 is 8.42 Å². The first-order valence-corrected chi connectivity index (χ1v) is 8.45. The molecule has 0 aromatic rings. The minimum Gasteiger partial charge on any atom is -0.317 e. The number of hydrogen-bond acceptors (Lipinski definition) is 3. The van der Waals surface area contributed by atoms with Crippen molar-refractivity contribution in [1.29, 1.82) is 0 Å². The van der Waals surface area contributed by atoms with Gasteiger partial charge in [0.2, 0.25) is 10.0 Å². The predicted octanol–water partition coefficient (Wildman–Crippen LogP) is 1.48. The molecule has 17 heavy (non-hydrogen) atoms. The van der Waals surface area contributed by atoms with Crippen molar-refractivity contribution in [3.05, 3.63) is 0 Å². The first kappa shape index (κ1) is 14.9. The van der Waals surface area contributed by atoms with Gasteiger partial charge in [0.15, 0.2) is 0 Å². The third-order valence-corrected chi connectivity index (χ3v) is 4.67. The van der Waals surface area contributed by atoms with Crippen molar-refractivity contribution in [2.24, 2.45) is 5.92 Å². The minimum absolute atomic E-state index is 0.230. The maximum Gasteiger partial charge on any atom is 0.211 e. The Kier molecular flexibility index (Phi) is 6.44. The normalized spacial score (nSPS) is 23.9. The van der Waals surface area contributed by atoms with Crippen molar-refractivity contribution in [2.75, 3.05) is 18.8 Å². The average Bonchev–Trinajstić information content (AvgIpc) is 2.95. The Morgan fingerprint density at radius 3 is 2.65 bits per heavy atom. The van der Waals surface area contributed by atoms with Crippen LogP contribution in [0.4, 0.5) is 0 Å². The Balaban J connectivity index is 2.10. The lowest BCUT2D eigenvalue weighted by Crippen LogP contribution is -2.29. The zero-order valence-corrected chi connectivity index (χ0v) is 11.9. The topological polar surface area (TPSA) is 58.2 Å². The molecule has 0 amide bonds. The van der Waals surface area contributed by atoms with Crippen LogP contribution in [-0.2, 0) is 10.0 Å². The van der Waals surface area contributed by atoms with E-state index in [1.807, 2.05) is 0 Å². The molecule has 2 N–H and O–H groups in total. The molecule has 1 saturated carbocycles. The van der Waals surface area contributed by atoms with Crippen LogP contribution in [0, 0.1) is 5.92 Å². The van der Waals surface area contributed by atoms with Crippen LogP contribution in [0.15, 0.2) is 0 Å². The molecule has 1 aliphatic carbocycles. The van der Waals surface area contributed by atoms with E-state index in [0.717, 1.165) is 45.2 Å². The predicted molar refractivity (Wildman–Crippen MR) is 71.5 cm³/mol. The van der Waals surface area contributed by atoms with Crippen LogP contribution < -0.4 is 10.0 Å². The number of nitrogens with one attached hydrogen (secondary N) is 2. The quantitative estimate of drug-likeness (QED) is 0.586. The molecule has 5 heteroatoms. The van der Waals surface area contributed by atoms with E-state index >= 15 is 0 Å². The lowest BCUT2D eigenvalue weighted by atomic mass is 10.2. The first-order chi connectivity index (χ1) is 8.09. The van der Waals surface area contributed by atoms with Gasteiger partial charge in [-0.25, -0.2) is 13.1 Å². The SMILES string of the molecule is CCCC1CC1NS(=O)(=O)CCCCNCC. The number of unbranched alkanes of at least 4 members (excludes halogenated alkanes) is 1. The Labute approximate surface area is 106 Å². The summed E-state index contributed by atoms with van der Waals surface area (Å²) in [6, 6.07) is 0.230. The molecule has 0 saturated heterocycles. The van der Waals surface area contributed by atoms with E-state index in [4.69, 9.17) is 0 Å². The Morgan fingerprint density at radius 1 is 1.24 bits per heavy atom. The van der Waals surface area contributed by atoms with Crippen molar-refractivity contribution >= 4 is 10.0 Å². The molecule has 0 aromatic heterocycles. The molecular formula is C12H26N2O2S. The molecule has 0 spiro atoms. The van der Waals surface area contributed by atoms with Gasteiger partial charge in [0, 0.05) is 6.04 Å². The third kappa shape index (κ3) is 6.38. The van der Waals surface area contributed by atoms with E-state index in [9.17, 15) is 8.42 Å². The van der Waals surface area contributed by atoms with Gasteiger partial charge in [-0.05, 0) is 44.7 Å². The molecule has 1 aliphatic rings. The second-order valence-corrected chi connectivity index (χ2v) is 6.76. The summed E-state index contributed by atoms with van der Waals surface area (Å²) in [6.45, 7) is 6.06. The van der Waals surface area contributed by atoms with Crippen LogP contribution >= 0.6 is 0 Å². The van der Waals surface area contributed by atoms with Gasteiger partial charge in [-0.3, -0.25) is 0 Å². The third-order valence-electron chi connectivity index (χ3n) is 3.18. The molecule has 0 bridgehead atoms. The smallest absolute Gasteiger partial charge is 0.211 e. The average molecular weight is 262 g/mol. The number of sulfonamides is 1. The van der Waals surface area contributed by atoms with E-state index in [1.54, 1.807) is 0 Å². The lowest BCUT2D eigenvalue weighted by molar-refractivity contribution is 0.567. The van der Waals surface area contributed by atoms with Gasteiger partial charge in [0.25, 0.3) is 0 Å². The summed E-state index contributed by atoms with van der Waals surface area (Å²) in [5.74, 6) is 0.866. The van der Waals surface area contributed by atoms with Gasteiger partial charge in [0.05, 0.1) is 5.75 Å². The Bertz CT molecular complexity index is 304. The fourth-order valence-corrected chi connectivity index (χ4v) is 3.54. The van der Waals surface area contributed by atoms with Crippen LogP contribution in [-0.4, -0.2) is 33.3 Å². The highest BCUT2D eigenvalue weighted by atomic mass is 32.2. The molecule has 2 atom stereocenters. The van der Waals surface area contributed by atoms with Crippen LogP contribution in [0.5, 0.6) is 0 Å². The molecular weight excluding hydrogens is 236 g/mol.